The van der Waals surface area contributed by atoms with Gasteiger partial charge in [0.25, 0.3) is 0 Å². The quantitative estimate of drug-likeness (QED) is 0.361. The first-order chi connectivity index (χ1) is 7.79. The maximum atomic E-state index is 9.29. The molecule has 0 rings (SSSR count). The molecule has 0 saturated carbocycles. The van der Waals surface area contributed by atoms with Crippen molar-refractivity contribution in [3.8, 4) is 0 Å². The van der Waals surface area contributed by atoms with Crippen molar-refractivity contribution >= 4 is 55.1 Å². The highest BCUT2D eigenvalue weighted by Gasteiger charge is 2.15. The first kappa shape index (κ1) is 20.8. The van der Waals surface area contributed by atoms with Gasteiger partial charge in [-0.3, -0.25) is 0 Å². The van der Waals surface area contributed by atoms with Crippen LogP contribution in [0.2, 0.25) is 0 Å². The van der Waals surface area contributed by atoms with Crippen LogP contribution < -0.4 is 0 Å². The van der Waals surface area contributed by atoms with Gasteiger partial charge in [0.05, 0.1) is 0 Å². The molecule has 0 aromatic heterocycles. The highest BCUT2D eigenvalue weighted by Crippen LogP contribution is 2.28. The van der Waals surface area contributed by atoms with Crippen molar-refractivity contribution in [2.24, 2.45) is 0 Å². The van der Waals surface area contributed by atoms with Gasteiger partial charge in [-0.1, -0.05) is 45.4 Å². The van der Waals surface area contributed by atoms with Crippen molar-refractivity contribution in [3.63, 3.8) is 0 Å². The Kier molecular flexibility index (Phi) is 17.0. The monoisotopic (exact) mass is 412 g/mol. The van der Waals surface area contributed by atoms with Crippen molar-refractivity contribution in [2.45, 2.75) is 73.5 Å². The maximum Gasteiger partial charge on any atom is 0.174 e. The summed E-state index contributed by atoms with van der Waals surface area (Å²) in [5.41, 5.74) is 0. The van der Waals surface area contributed by atoms with Crippen LogP contribution in [0, 0.1) is 0 Å². The summed E-state index contributed by atoms with van der Waals surface area (Å²) in [7, 11) is 0. The first-order valence-corrected chi connectivity index (χ1v) is 8.63. The smallest absolute Gasteiger partial charge is 0.174 e. The molecule has 0 saturated heterocycles. The standard InChI is InChI=1S/C10H20Br2O.C2H4Cl2/c1-2-3-4-5-6-7-8-9-10(11,12)13;1-2(3)4/h13H,2-9H2,1H3;2H,1H3. The van der Waals surface area contributed by atoms with Crippen molar-refractivity contribution in [2.75, 3.05) is 0 Å². The van der Waals surface area contributed by atoms with E-state index in [2.05, 4.69) is 38.8 Å². The molecule has 0 bridgehead atoms. The third-order valence-electron chi connectivity index (χ3n) is 2.08. The van der Waals surface area contributed by atoms with Crippen LogP contribution >= 0.6 is 55.1 Å². The van der Waals surface area contributed by atoms with Gasteiger partial charge in [0.15, 0.2) is 3.42 Å². The summed E-state index contributed by atoms with van der Waals surface area (Å²) >= 11 is 16.4. The van der Waals surface area contributed by atoms with Crippen LogP contribution in [-0.4, -0.2) is 13.4 Å². The Bertz CT molecular complexity index is 147. The lowest BCUT2D eigenvalue weighted by molar-refractivity contribution is 0.229. The van der Waals surface area contributed by atoms with Crippen molar-refractivity contribution in [1.29, 1.82) is 0 Å². The number of hydrogen-bond acceptors (Lipinski definition) is 1. The SMILES string of the molecule is CC(Cl)Cl.CCCCCCCCCC(O)(Br)Br. The van der Waals surface area contributed by atoms with E-state index in [0.29, 0.717) is 0 Å². The van der Waals surface area contributed by atoms with Gasteiger partial charge in [-0.05, 0) is 51.6 Å². The summed E-state index contributed by atoms with van der Waals surface area (Å²) in [6.45, 7) is 3.93. The van der Waals surface area contributed by atoms with E-state index in [9.17, 15) is 5.11 Å². The Morgan fingerprint density at radius 2 is 1.35 bits per heavy atom. The molecule has 106 valence electrons. The summed E-state index contributed by atoms with van der Waals surface area (Å²) in [6.07, 6.45) is 9.77. The molecule has 5 heteroatoms. The van der Waals surface area contributed by atoms with Gasteiger partial charge in [-0.15, -0.1) is 23.2 Å². The number of halogens is 4. The predicted molar refractivity (Wildman–Crippen MR) is 86.6 cm³/mol. The normalized spacial score (nSPS) is 11.3. The lowest BCUT2D eigenvalue weighted by Gasteiger charge is -2.11. The highest BCUT2D eigenvalue weighted by atomic mass is 79.9. The van der Waals surface area contributed by atoms with Crippen LogP contribution in [0.4, 0.5) is 0 Å². The van der Waals surface area contributed by atoms with E-state index < -0.39 is 3.42 Å². The van der Waals surface area contributed by atoms with Gasteiger partial charge in [0.2, 0.25) is 0 Å². The van der Waals surface area contributed by atoms with Gasteiger partial charge in [0, 0.05) is 0 Å². The zero-order valence-electron chi connectivity index (χ0n) is 10.7. The Balaban J connectivity index is 0. The molecule has 0 atom stereocenters. The molecule has 1 N–H and O–H groups in total. The molecule has 0 spiro atoms. The Morgan fingerprint density at radius 3 is 1.71 bits per heavy atom. The van der Waals surface area contributed by atoms with Crippen LogP contribution in [0.15, 0.2) is 0 Å². The van der Waals surface area contributed by atoms with Gasteiger partial charge >= 0.3 is 0 Å². The fourth-order valence-corrected chi connectivity index (χ4v) is 1.86. The maximum absolute atomic E-state index is 9.29. The molecule has 0 aromatic carbocycles. The molecule has 0 aliphatic rings. The molecule has 0 aromatic rings. The average Bonchev–Trinajstić information content (AvgIpc) is 2.14. The summed E-state index contributed by atoms with van der Waals surface area (Å²) in [5.74, 6) is 0. The van der Waals surface area contributed by atoms with Crippen molar-refractivity contribution < 1.29 is 5.11 Å². The van der Waals surface area contributed by atoms with E-state index in [1.165, 1.54) is 38.5 Å². The largest absolute Gasteiger partial charge is 0.369 e. The third kappa shape index (κ3) is 31.8. The fourth-order valence-electron chi connectivity index (χ4n) is 1.29. The number of hydrogen-bond donors (Lipinski definition) is 1. The van der Waals surface area contributed by atoms with Gasteiger partial charge in [-0.2, -0.15) is 0 Å². The molecular formula is C12H24Br2Cl2O. The predicted octanol–water partition coefficient (Wildman–Crippen LogP) is 6.37. The minimum absolute atomic E-state index is 0.222. The summed E-state index contributed by atoms with van der Waals surface area (Å²) in [5, 5.41) is 9.29. The molecule has 0 unspecified atom stereocenters. The topological polar surface area (TPSA) is 20.2 Å². The molecule has 0 fully saturated rings. The van der Waals surface area contributed by atoms with E-state index >= 15 is 0 Å². The summed E-state index contributed by atoms with van der Waals surface area (Å²) < 4.78 is -0.830. The Labute approximate surface area is 133 Å². The third-order valence-corrected chi connectivity index (χ3v) is 2.87. The fraction of sp³-hybridized carbons (Fsp3) is 1.00. The molecule has 1 nitrogen and oxygen atoms in total. The van der Waals surface area contributed by atoms with Crippen LogP contribution in [0.5, 0.6) is 0 Å². The summed E-state index contributed by atoms with van der Waals surface area (Å²) in [6, 6.07) is 0. The minimum Gasteiger partial charge on any atom is -0.369 e. The second-order valence-corrected chi connectivity index (χ2v) is 9.28. The summed E-state index contributed by atoms with van der Waals surface area (Å²) in [4.78, 5) is -0.222. The number of aliphatic hydroxyl groups is 1. The second-order valence-electron chi connectivity index (χ2n) is 4.06. The highest BCUT2D eigenvalue weighted by molar-refractivity contribution is 9.25. The number of alkyl halides is 4. The second kappa shape index (κ2) is 13.9. The minimum atomic E-state index is -0.830. The zero-order valence-corrected chi connectivity index (χ0v) is 15.4. The zero-order chi connectivity index (χ0) is 13.7. The first-order valence-electron chi connectivity index (χ1n) is 6.18. The van der Waals surface area contributed by atoms with Crippen LogP contribution in [0.1, 0.15) is 65.2 Å². The molecule has 17 heavy (non-hydrogen) atoms. The van der Waals surface area contributed by atoms with E-state index in [1.807, 2.05) is 0 Å². The molecule has 0 heterocycles. The number of unbranched alkanes of at least 4 members (excludes halogenated alkanes) is 6. The molecule has 0 amide bonds. The van der Waals surface area contributed by atoms with Crippen molar-refractivity contribution in [3.05, 3.63) is 0 Å². The van der Waals surface area contributed by atoms with E-state index in [-0.39, 0.29) is 4.84 Å². The van der Waals surface area contributed by atoms with Crippen molar-refractivity contribution in [1.82, 2.24) is 0 Å². The van der Waals surface area contributed by atoms with Gasteiger partial charge < -0.3 is 5.11 Å². The van der Waals surface area contributed by atoms with Crippen LogP contribution in [0.25, 0.3) is 0 Å². The average molecular weight is 415 g/mol. The lowest BCUT2D eigenvalue weighted by Crippen LogP contribution is -2.08. The Hall–Kier alpha value is 1.50. The van der Waals surface area contributed by atoms with Crippen LogP contribution in [0.3, 0.4) is 0 Å². The van der Waals surface area contributed by atoms with E-state index in [4.69, 9.17) is 23.2 Å². The Morgan fingerprint density at radius 1 is 1.00 bits per heavy atom. The van der Waals surface area contributed by atoms with E-state index in [0.717, 1.165) is 12.8 Å². The van der Waals surface area contributed by atoms with E-state index in [1.54, 1.807) is 6.92 Å². The van der Waals surface area contributed by atoms with Gasteiger partial charge in [-0.25, -0.2) is 0 Å². The molecule has 0 aliphatic heterocycles. The number of rotatable bonds is 8. The molecular weight excluding hydrogens is 391 g/mol. The molecule has 0 aliphatic carbocycles. The van der Waals surface area contributed by atoms with Crippen LogP contribution in [-0.2, 0) is 0 Å². The molecule has 0 radical (unpaired) electrons. The lowest BCUT2D eigenvalue weighted by atomic mass is 10.1. The van der Waals surface area contributed by atoms with Gasteiger partial charge in [0.1, 0.15) is 4.84 Å².